The van der Waals surface area contributed by atoms with Gasteiger partial charge in [0.2, 0.25) is 0 Å². The maximum absolute atomic E-state index is 11.4. The average Bonchev–Trinajstić information content (AvgIpc) is 2.63. The second-order valence-electron chi connectivity index (χ2n) is 3.84. The highest BCUT2D eigenvalue weighted by molar-refractivity contribution is 7.87. The molecule has 0 atom stereocenters. The zero-order valence-electron chi connectivity index (χ0n) is 9.99. The molecular weight excluding hydrogens is 262 g/mol. The van der Waals surface area contributed by atoms with Gasteiger partial charge >= 0.3 is 5.97 Å². The average molecular weight is 277 g/mol. The lowest BCUT2D eigenvalue weighted by atomic mass is 10.4. The standard InChI is InChI=1S/C8H15N5O4S/c1-6(2)11-18(16,17)9-3-4-13-5-7(8(14)15)10-12-13/h5-6,9,11H,3-4H2,1-2H3,(H,14,15). The van der Waals surface area contributed by atoms with Crippen LogP contribution < -0.4 is 9.44 Å². The van der Waals surface area contributed by atoms with Crippen LogP contribution in [0.3, 0.4) is 0 Å². The summed E-state index contributed by atoms with van der Waals surface area (Å²) in [5, 5.41) is 15.6. The highest BCUT2D eigenvalue weighted by atomic mass is 32.2. The lowest BCUT2D eigenvalue weighted by Crippen LogP contribution is -2.41. The minimum Gasteiger partial charge on any atom is -0.476 e. The summed E-state index contributed by atoms with van der Waals surface area (Å²) in [5.41, 5.74) is -0.182. The Morgan fingerprint density at radius 1 is 1.56 bits per heavy atom. The summed E-state index contributed by atoms with van der Waals surface area (Å²) in [7, 11) is -3.54. The summed E-state index contributed by atoms with van der Waals surface area (Å²) in [5.74, 6) is -1.18. The Balaban J connectivity index is 2.44. The number of aromatic carboxylic acids is 1. The summed E-state index contributed by atoms with van der Waals surface area (Å²) in [4.78, 5) is 10.5. The first-order chi connectivity index (χ1) is 8.30. The predicted molar refractivity (Wildman–Crippen MR) is 62.2 cm³/mol. The van der Waals surface area contributed by atoms with Crippen molar-refractivity contribution in [2.24, 2.45) is 0 Å². The van der Waals surface area contributed by atoms with Crippen LogP contribution in [0.1, 0.15) is 24.3 Å². The highest BCUT2D eigenvalue weighted by Gasteiger charge is 2.11. The quantitative estimate of drug-likeness (QED) is 0.575. The van der Waals surface area contributed by atoms with Gasteiger partial charge in [0.15, 0.2) is 5.69 Å². The van der Waals surface area contributed by atoms with E-state index in [-0.39, 0.29) is 24.8 Å². The minimum absolute atomic E-state index is 0.0878. The summed E-state index contributed by atoms with van der Waals surface area (Å²) in [6.45, 7) is 3.69. The number of carboxylic acids is 1. The van der Waals surface area contributed by atoms with E-state index in [4.69, 9.17) is 5.11 Å². The monoisotopic (exact) mass is 277 g/mol. The number of carbonyl (C=O) groups is 1. The fourth-order valence-corrected chi connectivity index (χ4v) is 2.22. The largest absolute Gasteiger partial charge is 0.476 e. The van der Waals surface area contributed by atoms with E-state index in [1.807, 2.05) is 0 Å². The number of nitrogens with zero attached hydrogens (tertiary/aromatic N) is 3. The maximum atomic E-state index is 11.4. The molecule has 10 heteroatoms. The maximum Gasteiger partial charge on any atom is 0.358 e. The van der Waals surface area contributed by atoms with Crippen LogP contribution in [0.5, 0.6) is 0 Å². The van der Waals surface area contributed by atoms with E-state index in [2.05, 4.69) is 19.8 Å². The number of nitrogens with one attached hydrogen (secondary N) is 2. The van der Waals surface area contributed by atoms with Gasteiger partial charge in [0.05, 0.1) is 12.7 Å². The molecule has 0 aliphatic heterocycles. The molecule has 0 radical (unpaired) electrons. The van der Waals surface area contributed by atoms with Gasteiger partial charge in [0.25, 0.3) is 10.2 Å². The van der Waals surface area contributed by atoms with Crippen molar-refractivity contribution in [1.82, 2.24) is 24.4 Å². The molecule has 1 aromatic heterocycles. The third-order valence-corrected chi connectivity index (χ3v) is 3.15. The second-order valence-corrected chi connectivity index (χ2v) is 5.37. The van der Waals surface area contributed by atoms with Crippen molar-refractivity contribution in [1.29, 1.82) is 0 Å². The van der Waals surface area contributed by atoms with Crippen LogP contribution in [0.4, 0.5) is 0 Å². The highest BCUT2D eigenvalue weighted by Crippen LogP contribution is 1.92. The first-order valence-corrected chi connectivity index (χ1v) is 6.69. The molecule has 1 aromatic rings. The van der Waals surface area contributed by atoms with Crippen molar-refractivity contribution in [3.8, 4) is 0 Å². The smallest absolute Gasteiger partial charge is 0.358 e. The third kappa shape index (κ3) is 4.77. The molecule has 0 bridgehead atoms. The molecule has 0 saturated carbocycles. The number of rotatable bonds is 7. The third-order valence-electron chi connectivity index (χ3n) is 1.78. The molecule has 0 unspecified atom stereocenters. The Hall–Kier alpha value is -1.52. The number of hydrogen-bond acceptors (Lipinski definition) is 5. The molecular formula is C8H15N5O4S. The van der Waals surface area contributed by atoms with Crippen LogP contribution in [-0.2, 0) is 16.8 Å². The van der Waals surface area contributed by atoms with Crippen LogP contribution in [-0.4, -0.2) is 47.1 Å². The van der Waals surface area contributed by atoms with Gasteiger partial charge in [-0.3, -0.25) is 4.68 Å². The Morgan fingerprint density at radius 3 is 2.72 bits per heavy atom. The van der Waals surface area contributed by atoms with Crippen molar-refractivity contribution < 1.29 is 18.3 Å². The van der Waals surface area contributed by atoms with Crippen LogP contribution in [0.2, 0.25) is 0 Å². The SMILES string of the molecule is CC(C)NS(=O)(=O)NCCn1cc(C(=O)O)nn1. The lowest BCUT2D eigenvalue weighted by molar-refractivity contribution is 0.0690. The zero-order valence-corrected chi connectivity index (χ0v) is 10.8. The van der Waals surface area contributed by atoms with E-state index < -0.39 is 16.2 Å². The van der Waals surface area contributed by atoms with Crippen molar-refractivity contribution in [2.45, 2.75) is 26.4 Å². The number of hydrogen-bond donors (Lipinski definition) is 3. The van der Waals surface area contributed by atoms with Gasteiger partial charge < -0.3 is 5.11 Å². The first kappa shape index (κ1) is 14.5. The summed E-state index contributed by atoms with van der Waals surface area (Å²) < 4.78 is 28.7. The minimum atomic E-state index is -3.54. The number of carboxylic acid groups (broad SMARTS) is 1. The summed E-state index contributed by atoms with van der Waals surface area (Å²) in [6, 6.07) is -0.201. The molecule has 0 aliphatic carbocycles. The topological polar surface area (TPSA) is 126 Å². The van der Waals surface area contributed by atoms with Gasteiger partial charge in [0, 0.05) is 12.6 Å². The van der Waals surface area contributed by atoms with Crippen molar-refractivity contribution in [3.63, 3.8) is 0 Å². The second kappa shape index (κ2) is 5.89. The zero-order chi connectivity index (χ0) is 13.8. The fourth-order valence-electron chi connectivity index (χ4n) is 1.15. The Morgan fingerprint density at radius 2 is 2.22 bits per heavy atom. The van der Waals surface area contributed by atoms with E-state index >= 15 is 0 Å². The summed E-state index contributed by atoms with van der Waals surface area (Å²) >= 11 is 0. The van der Waals surface area contributed by atoms with E-state index in [0.29, 0.717) is 0 Å². The van der Waals surface area contributed by atoms with Crippen molar-refractivity contribution in [2.75, 3.05) is 6.54 Å². The number of aromatic nitrogens is 3. The molecule has 102 valence electrons. The van der Waals surface area contributed by atoms with E-state index in [0.717, 1.165) is 0 Å². The van der Waals surface area contributed by atoms with Crippen LogP contribution in [0.15, 0.2) is 6.20 Å². The Bertz CT molecular complexity index is 509. The van der Waals surface area contributed by atoms with Crippen LogP contribution in [0, 0.1) is 0 Å². The van der Waals surface area contributed by atoms with Gasteiger partial charge in [-0.2, -0.15) is 13.1 Å². The van der Waals surface area contributed by atoms with Gasteiger partial charge in [-0.15, -0.1) is 5.10 Å². The first-order valence-electron chi connectivity index (χ1n) is 5.20. The molecule has 3 N–H and O–H groups in total. The fraction of sp³-hybridized carbons (Fsp3) is 0.625. The van der Waals surface area contributed by atoms with Gasteiger partial charge in [-0.1, -0.05) is 5.21 Å². The molecule has 0 aliphatic rings. The normalized spacial score (nSPS) is 11.9. The van der Waals surface area contributed by atoms with Gasteiger partial charge in [-0.05, 0) is 13.8 Å². The molecule has 1 heterocycles. The lowest BCUT2D eigenvalue weighted by Gasteiger charge is -2.10. The van der Waals surface area contributed by atoms with Crippen LogP contribution in [0.25, 0.3) is 0 Å². The Labute approximate surface area is 104 Å². The van der Waals surface area contributed by atoms with Crippen molar-refractivity contribution in [3.05, 3.63) is 11.9 Å². The molecule has 0 aromatic carbocycles. The van der Waals surface area contributed by atoms with Gasteiger partial charge in [0.1, 0.15) is 0 Å². The molecule has 0 fully saturated rings. The molecule has 18 heavy (non-hydrogen) atoms. The van der Waals surface area contributed by atoms with E-state index in [1.165, 1.54) is 10.9 Å². The molecule has 1 rings (SSSR count). The van der Waals surface area contributed by atoms with Gasteiger partial charge in [-0.25, -0.2) is 9.52 Å². The molecule has 0 saturated heterocycles. The molecule has 9 nitrogen and oxygen atoms in total. The van der Waals surface area contributed by atoms with Crippen LogP contribution >= 0.6 is 0 Å². The van der Waals surface area contributed by atoms with Crippen molar-refractivity contribution >= 4 is 16.2 Å². The molecule has 0 amide bonds. The van der Waals surface area contributed by atoms with E-state index in [9.17, 15) is 13.2 Å². The van der Waals surface area contributed by atoms with E-state index in [1.54, 1.807) is 13.8 Å². The molecule has 0 spiro atoms. The predicted octanol–water partition coefficient (Wildman–Crippen LogP) is -1.19. The summed E-state index contributed by atoms with van der Waals surface area (Å²) in [6.07, 6.45) is 1.23. The Kier molecular flexibility index (Phi) is 4.76.